The van der Waals surface area contributed by atoms with Crippen LogP contribution < -0.4 is 4.90 Å². The summed E-state index contributed by atoms with van der Waals surface area (Å²) in [6.07, 6.45) is 0. The quantitative estimate of drug-likeness (QED) is 0.567. The molecule has 1 heterocycles. The van der Waals surface area contributed by atoms with Gasteiger partial charge in [0.2, 0.25) is 11.8 Å². The smallest absolute Gasteiger partial charge is 0.238 e. The fourth-order valence-corrected chi connectivity index (χ4v) is 5.73. The van der Waals surface area contributed by atoms with Crippen LogP contribution in [0.4, 0.5) is 5.69 Å². The van der Waals surface area contributed by atoms with Gasteiger partial charge in [-0.1, -0.05) is 66.2 Å². The third-order valence-corrected chi connectivity index (χ3v) is 6.75. The Morgan fingerprint density at radius 3 is 1.54 bits per heavy atom. The van der Waals surface area contributed by atoms with Crippen LogP contribution >= 0.6 is 11.6 Å². The van der Waals surface area contributed by atoms with Crippen molar-refractivity contribution in [3.63, 3.8) is 0 Å². The van der Waals surface area contributed by atoms with Crippen molar-refractivity contribution in [3.05, 3.63) is 100 Å². The molecule has 1 saturated heterocycles. The lowest BCUT2D eigenvalue weighted by atomic mass is 9.55. The molecular formula is C24H16ClNO2. The first-order chi connectivity index (χ1) is 13.7. The molecule has 0 N–H and O–H groups in total. The number of hydrogen-bond acceptors (Lipinski definition) is 2. The SMILES string of the molecule is O=C1[C@H]2C3c4ccccc4C(c4ccccc43)[C@@H]2C(=O)N1c1cccc(Cl)c1. The van der Waals surface area contributed by atoms with Crippen LogP contribution in [0.1, 0.15) is 34.1 Å². The summed E-state index contributed by atoms with van der Waals surface area (Å²) in [6, 6.07) is 23.5. The molecule has 2 bridgehead atoms. The lowest BCUT2D eigenvalue weighted by Gasteiger charge is -2.45. The van der Waals surface area contributed by atoms with E-state index in [4.69, 9.17) is 11.6 Å². The minimum Gasteiger partial charge on any atom is -0.274 e. The van der Waals surface area contributed by atoms with Gasteiger partial charge in [0.15, 0.2) is 0 Å². The number of rotatable bonds is 1. The maximum absolute atomic E-state index is 13.5. The average Bonchev–Trinajstić information content (AvgIpc) is 2.99. The topological polar surface area (TPSA) is 37.4 Å². The summed E-state index contributed by atoms with van der Waals surface area (Å²) in [7, 11) is 0. The molecule has 0 saturated carbocycles. The van der Waals surface area contributed by atoms with E-state index in [2.05, 4.69) is 24.3 Å². The molecule has 0 spiro atoms. The maximum atomic E-state index is 13.5. The fraction of sp³-hybridized carbons (Fsp3) is 0.167. The monoisotopic (exact) mass is 385 g/mol. The molecule has 1 aliphatic heterocycles. The molecule has 0 radical (unpaired) electrons. The Hall–Kier alpha value is -2.91. The summed E-state index contributed by atoms with van der Waals surface area (Å²) in [6.45, 7) is 0. The Kier molecular flexibility index (Phi) is 3.19. The van der Waals surface area contributed by atoms with Crippen LogP contribution in [0.15, 0.2) is 72.8 Å². The first-order valence-electron chi connectivity index (χ1n) is 9.48. The summed E-state index contributed by atoms with van der Waals surface area (Å²) >= 11 is 6.14. The highest BCUT2D eigenvalue weighted by Crippen LogP contribution is 2.61. The third-order valence-electron chi connectivity index (χ3n) is 6.51. The highest BCUT2D eigenvalue weighted by Gasteiger charge is 2.61. The number of hydrogen-bond donors (Lipinski definition) is 0. The van der Waals surface area contributed by atoms with Crippen LogP contribution in [-0.4, -0.2) is 11.8 Å². The summed E-state index contributed by atoms with van der Waals surface area (Å²) in [5, 5.41) is 0.516. The Morgan fingerprint density at radius 2 is 1.11 bits per heavy atom. The molecule has 0 unspecified atom stereocenters. The minimum absolute atomic E-state index is 0.0805. The molecule has 4 heteroatoms. The number of carbonyl (C=O) groups is 2. The summed E-state index contributed by atoms with van der Waals surface area (Å²) in [5.74, 6) is -1.11. The van der Waals surface area contributed by atoms with Crippen LogP contribution in [0.2, 0.25) is 5.02 Å². The predicted molar refractivity (Wildman–Crippen MR) is 107 cm³/mol. The second-order valence-corrected chi connectivity index (χ2v) is 8.19. The van der Waals surface area contributed by atoms with E-state index in [-0.39, 0.29) is 35.5 Å². The number of benzene rings is 3. The van der Waals surface area contributed by atoms with Gasteiger partial charge in [-0.3, -0.25) is 9.59 Å². The van der Waals surface area contributed by atoms with E-state index >= 15 is 0 Å². The molecule has 7 rings (SSSR count). The fourth-order valence-electron chi connectivity index (χ4n) is 5.55. The van der Waals surface area contributed by atoms with Gasteiger partial charge >= 0.3 is 0 Å². The zero-order chi connectivity index (χ0) is 19.0. The largest absolute Gasteiger partial charge is 0.274 e. The molecule has 136 valence electrons. The Balaban J connectivity index is 1.58. The van der Waals surface area contributed by atoms with Crippen molar-refractivity contribution in [2.45, 2.75) is 11.8 Å². The second kappa shape index (κ2) is 5.55. The molecule has 0 aromatic heterocycles. The van der Waals surface area contributed by atoms with Crippen molar-refractivity contribution >= 4 is 29.1 Å². The number of amides is 2. The zero-order valence-electron chi connectivity index (χ0n) is 14.9. The first kappa shape index (κ1) is 16.1. The van der Waals surface area contributed by atoms with Crippen LogP contribution in [-0.2, 0) is 9.59 Å². The third kappa shape index (κ3) is 1.90. The second-order valence-electron chi connectivity index (χ2n) is 7.76. The van der Waals surface area contributed by atoms with Gasteiger partial charge in [0.1, 0.15) is 0 Å². The standard InChI is InChI=1S/C24H16ClNO2/c25-13-6-5-7-14(12-13)26-23(27)21-19-15-8-1-2-9-16(15)20(22(21)24(26)28)18-11-4-3-10-17(18)19/h1-12,19-22H/t19?,20?,21-,22-/m0/s1. The van der Waals surface area contributed by atoms with Crippen molar-refractivity contribution in [1.82, 2.24) is 0 Å². The summed E-state index contributed by atoms with van der Waals surface area (Å²) in [4.78, 5) is 28.4. The lowest BCUT2D eigenvalue weighted by molar-refractivity contribution is -0.122. The molecule has 2 atom stereocenters. The molecular weight excluding hydrogens is 370 g/mol. The van der Waals surface area contributed by atoms with Crippen molar-refractivity contribution in [1.29, 1.82) is 0 Å². The maximum Gasteiger partial charge on any atom is 0.238 e. The number of halogens is 1. The van der Waals surface area contributed by atoms with Gasteiger partial charge in [-0.15, -0.1) is 0 Å². The van der Waals surface area contributed by atoms with Crippen LogP contribution in [0.3, 0.4) is 0 Å². The van der Waals surface area contributed by atoms with Gasteiger partial charge in [0.25, 0.3) is 0 Å². The first-order valence-corrected chi connectivity index (χ1v) is 9.85. The zero-order valence-corrected chi connectivity index (χ0v) is 15.6. The van der Waals surface area contributed by atoms with Crippen molar-refractivity contribution in [2.24, 2.45) is 11.8 Å². The van der Waals surface area contributed by atoms with E-state index < -0.39 is 0 Å². The predicted octanol–water partition coefficient (Wildman–Crippen LogP) is 4.74. The van der Waals surface area contributed by atoms with E-state index in [9.17, 15) is 9.59 Å². The summed E-state index contributed by atoms with van der Waals surface area (Å²) in [5.41, 5.74) is 5.29. The van der Waals surface area contributed by atoms with Gasteiger partial charge in [-0.2, -0.15) is 0 Å². The van der Waals surface area contributed by atoms with Gasteiger partial charge in [0, 0.05) is 16.9 Å². The van der Waals surface area contributed by atoms with Gasteiger partial charge in [-0.25, -0.2) is 4.90 Å². The van der Waals surface area contributed by atoms with E-state index in [0.717, 1.165) is 0 Å². The number of anilines is 1. The molecule has 2 amide bonds. The summed E-state index contributed by atoms with van der Waals surface area (Å²) < 4.78 is 0. The van der Waals surface area contributed by atoms with Gasteiger partial charge < -0.3 is 0 Å². The van der Waals surface area contributed by atoms with Crippen LogP contribution in [0.5, 0.6) is 0 Å². The van der Waals surface area contributed by atoms with E-state index in [0.29, 0.717) is 10.7 Å². The van der Waals surface area contributed by atoms with Crippen molar-refractivity contribution in [3.8, 4) is 0 Å². The van der Waals surface area contributed by atoms with Gasteiger partial charge in [-0.05, 0) is 40.5 Å². The Bertz CT molecular complexity index is 1060. The van der Waals surface area contributed by atoms with Gasteiger partial charge in [0.05, 0.1) is 17.5 Å². The van der Waals surface area contributed by atoms with Crippen molar-refractivity contribution in [2.75, 3.05) is 4.90 Å². The number of imide groups is 1. The lowest BCUT2D eigenvalue weighted by Crippen LogP contribution is -2.41. The molecule has 4 aliphatic rings. The molecule has 1 fully saturated rings. The average molecular weight is 386 g/mol. The number of nitrogens with zero attached hydrogens (tertiary/aromatic N) is 1. The molecule has 3 nitrogen and oxygen atoms in total. The minimum atomic E-state index is -0.360. The molecule has 3 aliphatic carbocycles. The van der Waals surface area contributed by atoms with E-state index in [1.807, 2.05) is 24.3 Å². The molecule has 3 aromatic rings. The molecule has 28 heavy (non-hydrogen) atoms. The highest BCUT2D eigenvalue weighted by molar-refractivity contribution is 6.31. The Morgan fingerprint density at radius 1 is 0.643 bits per heavy atom. The van der Waals surface area contributed by atoms with E-state index in [1.54, 1.807) is 24.3 Å². The molecule has 3 aromatic carbocycles. The Labute approximate surface area is 167 Å². The normalized spacial score (nSPS) is 26.8. The van der Waals surface area contributed by atoms with Crippen molar-refractivity contribution < 1.29 is 9.59 Å². The van der Waals surface area contributed by atoms with Crippen LogP contribution in [0, 0.1) is 11.8 Å². The highest BCUT2D eigenvalue weighted by atomic mass is 35.5. The van der Waals surface area contributed by atoms with Crippen LogP contribution in [0.25, 0.3) is 0 Å². The number of carbonyl (C=O) groups excluding carboxylic acids is 2. The van der Waals surface area contributed by atoms with E-state index in [1.165, 1.54) is 27.2 Å².